The Hall–Kier alpha value is -1.72. The fourth-order valence-corrected chi connectivity index (χ4v) is 0.563. The summed E-state index contributed by atoms with van der Waals surface area (Å²) < 4.78 is 4.57. The Morgan fingerprint density at radius 1 is 1.13 bits per heavy atom. The Kier molecular flexibility index (Phi) is 9.30. The smallest absolute Gasteiger partial charge is 0.291 e. The number of rotatable bonds is 0. The summed E-state index contributed by atoms with van der Waals surface area (Å²) in [5.74, 6) is 0. The van der Waals surface area contributed by atoms with E-state index in [9.17, 15) is 0 Å². The molecular weight excluding hydrogens is 220 g/mol. The molecule has 11 heteroatoms. The molecular formula is C4H10N2O9. The molecule has 1 aliphatic heterocycles. The number of hydrogen-bond donors (Lipinski definition) is 4. The van der Waals surface area contributed by atoms with Crippen molar-refractivity contribution in [2.45, 2.75) is 18.8 Å². The van der Waals surface area contributed by atoms with Gasteiger partial charge in [0.05, 0.1) is 6.61 Å². The van der Waals surface area contributed by atoms with E-state index in [1.54, 1.807) is 0 Å². The summed E-state index contributed by atoms with van der Waals surface area (Å²) in [6, 6.07) is 0. The molecule has 0 saturated carbocycles. The first kappa shape index (κ1) is 15.7. The molecule has 0 aromatic carbocycles. The second kappa shape index (κ2) is 8.86. The molecule has 0 amide bonds. The van der Waals surface area contributed by atoms with Crippen LogP contribution >= 0.6 is 0 Å². The molecule has 1 fully saturated rings. The van der Waals surface area contributed by atoms with Crippen molar-refractivity contribution in [2.75, 3.05) is 6.61 Å². The summed E-state index contributed by atoms with van der Waals surface area (Å²) in [7, 11) is 0. The van der Waals surface area contributed by atoms with Gasteiger partial charge < -0.3 is 25.4 Å². The molecule has 1 rings (SSSR count). The number of nitrogens with zero attached hydrogens (tertiary/aromatic N) is 2. The van der Waals surface area contributed by atoms with Gasteiger partial charge in [-0.05, 0) is 0 Å². The van der Waals surface area contributed by atoms with Crippen LogP contribution in [0.1, 0.15) is 6.42 Å². The Morgan fingerprint density at radius 2 is 1.47 bits per heavy atom. The van der Waals surface area contributed by atoms with Crippen molar-refractivity contribution in [3.63, 3.8) is 0 Å². The summed E-state index contributed by atoms with van der Waals surface area (Å²) in [6.45, 7) is 0.475. The predicted octanol–water partition coefficient (Wildman–Crippen LogP) is -1.61. The van der Waals surface area contributed by atoms with Crippen LogP contribution < -0.4 is 0 Å². The molecule has 0 radical (unpaired) electrons. The van der Waals surface area contributed by atoms with E-state index < -0.39 is 22.6 Å². The summed E-state index contributed by atoms with van der Waals surface area (Å²) in [5, 5.41) is 44.4. The Morgan fingerprint density at radius 3 is 1.53 bits per heavy atom. The van der Waals surface area contributed by atoms with Crippen molar-refractivity contribution in [3.05, 3.63) is 20.2 Å². The molecule has 1 saturated heterocycles. The summed E-state index contributed by atoms with van der Waals surface area (Å²) >= 11 is 0. The highest BCUT2D eigenvalue weighted by molar-refractivity contribution is 4.63. The van der Waals surface area contributed by atoms with E-state index >= 15 is 0 Å². The summed E-state index contributed by atoms with van der Waals surface area (Å²) in [6.07, 6.45) is -1.03. The lowest BCUT2D eigenvalue weighted by molar-refractivity contribution is -0.742. The summed E-state index contributed by atoms with van der Waals surface area (Å²) in [5.41, 5.74) is 0. The van der Waals surface area contributed by atoms with Crippen LogP contribution in [0, 0.1) is 20.2 Å². The number of aliphatic hydroxyl groups is 2. The number of hydrogen-bond acceptors (Lipinski definition) is 7. The molecule has 0 aromatic heterocycles. The van der Waals surface area contributed by atoms with E-state index in [0.717, 1.165) is 0 Å². The van der Waals surface area contributed by atoms with Gasteiger partial charge in [0, 0.05) is 6.42 Å². The zero-order valence-corrected chi connectivity index (χ0v) is 7.29. The molecule has 90 valence electrons. The highest BCUT2D eigenvalue weighted by Crippen LogP contribution is 2.08. The zero-order chi connectivity index (χ0) is 12.4. The average molecular weight is 230 g/mol. The van der Waals surface area contributed by atoms with Crippen molar-refractivity contribution in [1.82, 2.24) is 0 Å². The Bertz CT molecular complexity index is 169. The molecule has 0 bridgehead atoms. The van der Waals surface area contributed by atoms with Crippen LogP contribution in [-0.2, 0) is 4.74 Å². The maximum atomic E-state index is 8.62. The molecule has 0 spiro atoms. The molecule has 0 aliphatic carbocycles. The Labute approximate surface area is 82.3 Å². The van der Waals surface area contributed by atoms with Crippen molar-refractivity contribution in [2.24, 2.45) is 0 Å². The standard InChI is InChI=1S/C4H8O3.2HNO3/c5-3-1-2-7-4(3)6;2*2-1(3)4/h3-6H,1-2H2;2*(H,2,3,4). The van der Waals surface area contributed by atoms with Crippen LogP contribution in [0.3, 0.4) is 0 Å². The molecule has 2 atom stereocenters. The van der Waals surface area contributed by atoms with Gasteiger partial charge in [0.15, 0.2) is 6.29 Å². The van der Waals surface area contributed by atoms with E-state index in [1.807, 2.05) is 0 Å². The second-order valence-electron chi connectivity index (χ2n) is 2.09. The lowest BCUT2D eigenvalue weighted by atomic mass is 10.3. The summed E-state index contributed by atoms with van der Waals surface area (Å²) in [4.78, 5) is 16.7. The first-order valence-electron chi connectivity index (χ1n) is 3.41. The normalized spacial score (nSPS) is 22.8. The fourth-order valence-electron chi connectivity index (χ4n) is 0.563. The number of aliphatic hydroxyl groups excluding tert-OH is 2. The minimum absolute atomic E-state index is 0.475. The van der Waals surface area contributed by atoms with Crippen LogP contribution in [0.2, 0.25) is 0 Å². The average Bonchev–Trinajstić information content (AvgIpc) is 2.33. The van der Waals surface area contributed by atoms with Crippen molar-refractivity contribution in [1.29, 1.82) is 0 Å². The maximum Gasteiger partial charge on any atom is 0.291 e. The Balaban J connectivity index is 0. The molecule has 1 heterocycles. The molecule has 15 heavy (non-hydrogen) atoms. The predicted molar refractivity (Wildman–Crippen MR) is 40.1 cm³/mol. The van der Waals surface area contributed by atoms with Gasteiger partial charge in [-0.3, -0.25) is 0 Å². The third-order valence-electron chi connectivity index (χ3n) is 1.03. The third-order valence-corrected chi connectivity index (χ3v) is 1.03. The molecule has 0 aromatic rings. The minimum Gasteiger partial charge on any atom is -0.388 e. The van der Waals surface area contributed by atoms with E-state index in [0.29, 0.717) is 13.0 Å². The van der Waals surface area contributed by atoms with Crippen molar-refractivity contribution >= 4 is 0 Å². The molecule has 2 unspecified atom stereocenters. The highest BCUT2D eigenvalue weighted by atomic mass is 16.9. The zero-order valence-electron chi connectivity index (χ0n) is 7.29. The largest absolute Gasteiger partial charge is 0.388 e. The van der Waals surface area contributed by atoms with Crippen LogP contribution in [-0.4, -0.2) is 49.8 Å². The van der Waals surface area contributed by atoms with Crippen molar-refractivity contribution < 1.29 is 35.5 Å². The van der Waals surface area contributed by atoms with E-state index in [1.165, 1.54) is 0 Å². The topological polar surface area (TPSA) is 176 Å². The molecule has 1 aliphatic rings. The third kappa shape index (κ3) is 18.9. The molecule has 4 N–H and O–H groups in total. The minimum atomic E-state index is -1.50. The lowest BCUT2D eigenvalue weighted by Crippen LogP contribution is -2.18. The van der Waals surface area contributed by atoms with Crippen LogP contribution in [0.15, 0.2) is 0 Å². The van der Waals surface area contributed by atoms with E-state index in [2.05, 4.69) is 4.74 Å². The first-order chi connectivity index (χ1) is 6.77. The van der Waals surface area contributed by atoms with E-state index in [4.69, 9.17) is 40.9 Å². The quantitative estimate of drug-likeness (QED) is 0.281. The SMILES string of the molecule is O=[N+]([O-])O.O=[N+]([O-])O.OC1CCOC1O. The van der Waals surface area contributed by atoms with Gasteiger partial charge in [-0.2, -0.15) is 0 Å². The van der Waals surface area contributed by atoms with Gasteiger partial charge in [-0.15, -0.1) is 20.2 Å². The van der Waals surface area contributed by atoms with Crippen LogP contribution in [0.5, 0.6) is 0 Å². The highest BCUT2D eigenvalue weighted by Gasteiger charge is 2.22. The number of ether oxygens (including phenoxy) is 1. The van der Waals surface area contributed by atoms with Gasteiger partial charge in [0.2, 0.25) is 0 Å². The monoisotopic (exact) mass is 230 g/mol. The van der Waals surface area contributed by atoms with Crippen molar-refractivity contribution in [3.8, 4) is 0 Å². The fraction of sp³-hybridized carbons (Fsp3) is 1.00. The van der Waals surface area contributed by atoms with Crippen LogP contribution in [0.25, 0.3) is 0 Å². The van der Waals surface area contributed by atoms with Gasteiger partial charge in [0.25, 0.3) is 10.2 Å². The van der Waals surface area contributed by atoms with E-state index in [-0.39, 0.29) is 0 Å². The lowest BCUT2D eigenvalue weighted by Gasteiger charge is -2.02. The van der Waals surface area contributed by atoms with Gasteiger partial charge in [-0.1, -0.05) is 0 Å². The van der Waals surface area contributed by atoms with Gasteiger partial charge in [0.1, 0.15) is 6.10 Å². The molecule has 11 nitrogen and oxygen atoms in total. The first-order valence-corrected chi connectivity index (χ1v) is 3.41. The van der Waals surface area contributed by atoms with Gasteiger partial charge in [-0.25, -0.2) is 0 Å². The van der Waals surface area contributed by atoms with Crippen LogP contribution in [0.4, 0.5) is 0 Å². The maximum absolute atomic E-state index is 8.62. The second-order valence-corrected chi connectivity index (χ2v) is 2.09. The van der Waals surface area contributed by atoms with Gasteiger partial charge >= 0.3 is 0 Å².